The molecule has 9 aromatic rings. The second kappa shape index (κ2) is 11.5. The van der Waals surface area contributed by atoms with Crippen LogP contribution in [0.15, 0.2) is 188 Å². The lowest BCUT2D eigenvalue weighted by Gasteiger charge is -2.30. The summed E-state index contributed by atoms with van der Waals surface area (Å²) in [7, 11) is 0. The van der Waals surface area contributed by atoms with Crippen molar-refractivity contribution in [3.05, 3.63) is 210 Å². The lowest BCUT2D eigenvalue weighted by atomic mass is 9.70. The first-order valence-electron chi connectivity index (χ1n) is 20.2. The van der Waals surface area contributed by atoms with E-state index in [1.54, 1.807) is 0 Å². The molecule has 1 unspecified atom stereocenters. The molecular formula is C50H31N3. The molecule has 11 rings (SSSR count). The Bertz CT molecular complexity index is 3170. The maximum atomic E-state index is 8.92. The highest BCUT2D eigenvalue weighted by Crippen LogP contribution is 2.64. The zero-order valence-electron chi connectivity index (χ0n) is 33.4. The molecule has 0 amide bonds. The third kappa shape index (κ3) is 4.31. The smallest absolute Gasteiger partial charge is 0.164 e. The highest BCUT2D eigenvalue weighted by molar-refractivity contribution is 6.07. The zero-order chi connectivity index (χ0) is 39.3. The van der Waals surface area contributed by atoms with Crippen LogP contribution in [-0.4, -0.2) is 15.0 Å². The first kappa shape index (κ1) is 25.1. The predicted molar refractivity (Wildman–Crippen MR) is 215 cm³/mol. The Morgan fingerprint density at radius 1 is 0.377 bits per heavy atom. The largest absolute Gasteiger partial charge is 0.208 e. The lowest BCUT2D eigenvalue weighted by molar-refractivity contribution is 0.794. The normalized spacial score (nSPS) is 16.2. The molecule has 246 valence electrons. The van der Waals surface area contributed by atoms with Gasteiger partial charge in [0.05, 0.1) is 12.3 Å². The van der Waals surface area contributed by atoms with E-state index < -0.39 is 23.5 Å². The van der Waals surface area contributed by atoms with Crippen molar-refractivity contribution >= 4 is 10.8 Å². The fourth-order valence-corrected chi connectivity index (χ4v) is 8.71. The first-order chi connectivity index (χ1) is 28.4. The van der Waals surface area contributed by atoms with Crippen LogP contribution in [0.5, 0.6) is 0 Å². The van der Waals surface area contributed by atoms with Gasteiger partial charge >= 0.3 is 0 Å². The van der Waals surface area contributed by atoms with E-state index in [0.29, 0.717) is 17.2 Å². The molecule has 53 heavy (non-hydrogen) atoms. The summed E-state index contributed by atoms with van der Waals surface area (Å²) in [5, 5.41) is 2.39. The quantitative estimate of drug-likeness (QED) is 0.186. The molecule has 1 spiro atoms. The molecule has 1 aromatic heterocycles. The Hall–Kier alpha value is -6.97. The van der Waals surface area contributed by atoms with E-state index in [-0.39, 0.29) is 23.5 Å². The molecule has 0 saturated carbocycles. The second-order valence-electron chi connectivity index (χ2n) is 13.5. The first-order valence-corrected chi connectivity index (χ1v) is 17.7. The SMILES string of the molecule is [2H]c1c([2H])c([2H])c(-c2nc(-c3cccc(-c4ccccc4)c3)nc(-c3cccc4c3-c3ccccc3C43c4ccccc4-c4c3ccc3ccccc43)n2)c([2H])c1[2H]. The van der Waals surface area contributed by atoms with Crippen LogP contribution in [0.25, 0.3) is 78.3 Å². The summed E-state index contributed by atoms with van der Waals surface area (Å²) in [6.07, 6.45) is 0. The van der Waals surface area contributed by atoms with E-state index in [4.69, 9.17) is 21.8 Å². The van der Waals surface area contributed by atoms with E-state index >= 15 is 0 Å². The Labute approximate surface area is 315 Å². The maximum Gasteiger partial charge on any atom is 0.164 e. The van der Waals surface area contributed by atoms with Gasteiger partial charge in [0.2, 0.25) is 0 Å². The minimum atomic E-state index is -0.631. The summed E-state index contributed by atoms with van der Waals surface area (Å²) < 4.78 is 43.1. The summed E-state index contributed by atoms with van der Waals surface area (Å²) in [6.45, 7) is 0. The molecule has 0 aliphatic heterocycles. The lowest BCUT2D eigenvalue weighted by Crippen LogP contribution is -2.25. The molecule has 1 heterocycles. The summed E-state index contributed by atoms with van der Waals surface area (Å²) in [6, 6.07) is 52.4. The number of aromatic nitrogens is 3. The minimum absolute atomic E-state index is 0.00346. The van der Waals surface area contributed by atoms with Crippen molar-refractivity contribution in [1.29, 1.82) is 0 Å². The van der Waals surface area contributed by atoms with Crippen molar-refractivity contribution in [1.82, 2.24) is 15.0 Å². The summed E-state index contributed by atoms with van der Waals surface area (Å²) in [5.74, 6) is 0.667. The number of benzene rings is 8. The fraction of sp³-hybridized carbons (Fsp3) is 0.0200. The Balaban J connectivity index is 1.21. The van der Waals surface area contributed by atoms with Gasteiger partial charge in [0, 0.05) is 16.7 Å². The van der Waals surface area contributed by atoms with Gasteiger partial charge in [-0.25, -0.2) is 15.0 Å². The van der Waals surface area contributed by atoms with E-state index in [9.17, 15) is 0 Å². The average Bonchev–Trinajstić information content (AvgIpc) is 3.76. The fourth-order valence-electron chi connectivity index (χ4n) is 8.71. The molecular weight excluding hydrogens is 643 g/mol. The van der Waals surface area contributed by atoms with Gasteiger partial charge in [0.1, 0.15) is 0 Å². The maximum absolute atomic E-state index is 8.92. The molecule has 1 atom stereocenters. The van der Waals surface area contributed by atoms with Crippen LogP contribution in [0.1, 0.15) is 29.1 Å². The van der Waals surface area contributed by atoms with Crippen LogP contribution < -0.4 is 0 Å². The summed E-state index contributed by atoms with van der Waals surface area (Å²) >= 11 is 0. The average molecular weight is 679 g/mol. The van der Waals surface area contributed by atoms with Crippen molar-refractivity contribution in [2.75, 3.05) is 0 Å². The number of nitrogens with zero attached hydrogens (tertiary/aromatic N) is 3. The predicted octanol–water partition coefficient (Wildman–Crippen LogP) is 12.0. The van der Waals surface area contributed by atoms with Crippen LogP contribution in [0.4, 0.5) is 0 Å². The Kier molecular flexibility index (Phi) is 5.45. The van der Waals surface area contributed by atoms with Crippen LogP contribution in [0, 0.1) is 0 Å². The van der Waals surface area contributed by atoms with Crippen LogP contribution in [0.2, 0.25) is 0 Å². The number of hydrogen-bond donors (Lipinski definition) is 0. The monoisotopic (exact) mass is 678 g/mol. The molecule has 0 bridgehead atoms. The Morgan fingerprint density at radius 3 is 1.75 bits per heavy atom. The summed E-state index contributed by atoms with van der Waals surface area (Å²) in [4.78, 5) is 15.1. The third-order valence-corrected chi connectivity index (χ3v) is 10.8. The molecule has 3 nitrogen and oxygen atoms in total. The zero-order valence-corrected chi connectivity index (χ0v) is 28.4. The van der Waals surface area contributed by atoms with Gasteiger partial charge in [-0.2, -0.15) is 0 Å². The summed E-state index contributed by atoms with van der Waals surface area (Å²) in [5.41, 5.74) is 11.9. The molecule has 0 saturated heterocycles. The van der Waals surface area contributed by atoms with Crippen molar-refractivity contribution in [3.63, 3.8) is 0 Å². The molecule has 8 aromatic carbocycles. The van der Waals surface area contributed by atoms with Gasteiger partial charge < -0.3 is 0 Å². The van der Waals surface area contributed by atoms with Crippen molar-refractivity contribution < 1.29 is 6.85 Å². The van der Waals surface area contributed by atoms with Crippen LogP contribution >= 0.6 is 0 Å². The highest BCUT2D eigenvalue weighted by atomic mass is 15.0. The van der Waals surface area contributed by atoms with Gasteiger partial charge in [-0.05, 0) is 72.5 Å². The molecule has 0 fully saturated rings. The minimum Gasteiger partial charge on any atom is -0.208 e. The number of hydrogen-bond acceptors (Lipinski definition) is 3. The Morgan fingerprint density at radius 2 is 0.943 bits per heavy atom. The van der Waals surface area contributed by atoms with Gasteiger partial charge in [0.15, 0.2) is 17.5 Å². The molecule has 2 aliphatic carbocycles. The van der Waals surface area contributed by atoms with E-state index in [2.05, 4.69) is 91.0 Å². The molecule has 3 heteroatoms. The number of rotatable bonds is 4. The van der Waals surface area contributed by atoms with Gasteiger partial charge in [-0.3, -0.25) is 0 Å². The van der Waals surface area contributed by atoms with E-state index in [1.165, 1.54) is 33.0 Å². The third-order valence-electron chi connectivity index (χ3n) is 10.8. The van der Waals surface area contributed by atoms with E-state index in [1.807, 2.05) is 66.7 Å². The molecule has 2 aliphatic rings. The van der Waals surface area contributed by atoms with Crippen molar-refractivity contribution in [2.45, 2.75) is 5.41 Å². The van der Waals surface area contributed by atoms with Gasteiger partial charge in [-0.1, -0.05) is 182 Å². The van der Waals surface area contributed by atoms with Crippen molar-refractivity contribution in [3.8, 4) is 67.5 Å². The van der Waals surface area contributed by atoms with Gasteiger partial charge in [-0.15, -0.1) is 0 Å². The number of fused-ring (bicyclic) bond motifs is 12. The standard InChI is InChI=1S/C50H31N3/c1-3-15-32(16-4-1)35-20-13-21-36(31-35)48-51-47(34-18-5-2-6-19-34)52-49(53-48)40-25-14-28-43-46(40)39-24-10-12-27-42(39)50(43)41-26-11-9-23-38(41)45-37-22-8-7-17-33(37)29-30-44(45)50/h1-31H/i2D,5D,6D,18D,19D. The topological polar surface area (TPSA) is 38.7 Å². The van der Waals surface area contributed by atoms with E-state index in [0.717, 1.165) is 38.9 Å². The van der Waals surface area contributed by atoms with Crippen molar-refractivity contribution in [2.24, 2.45) is 0 Å². The molecule has 0 N–H and O–H groups in total. The van der Waals surface area contributed by atoms with Crippen LogP contribution in [0.3, 0.4) is 0 Å². The highest BCUT2D eigenvalue weighted by Gasteiger charge is 2.52. The van der Waals surface area contributed by atoms with Crippen LogP contribution in [-0.2, 0) is 5.41 Å². The second-order valence-corrected chi connectivity index (χ2v) is 13.5. The van der Waals surface area contributed by atoms with Gasteiger partial charge in [0.25, 0.3) is 0 Å². The molecule has 0 radical (unpaired) electrons.